The quantitative estimate of drug-likeness (QED) is 0.852. The lowest BCUT2D eigenvalue weighted by molar-refractivity contribution is -0.117. The number of nitrogens with two attached hydrogens (primary N) is 1. The Morgan fingerprint density at radius 2 is 1.74 bits per heavy atom. The summed E-state index contributed by atoms with van der Waals surface area (Å²) in [6, 6.07) is 17.6. The van der Waals surface area contributed by atoms with Crippen molar-refractivity contribution < 1.29 is 4.79 Å². The predicted octanol–water partition coefficient (Wildman–Crippen LogP) is 2.73. The van der Waals surface area contributed by atoms with Crippen LogP contribution in [-0.2, 0) is 9.79 Å². The summed E-state index contributed by atoms with van der Waals surface area (Å²) in [5, 5.41) is 2.87. The third-order valence-corrected chi connectivity index (χ3v) is 4.89. The monoisotopic (exact) mass is 325 g/mol. The molecule has 3 rings (SSSR count). The first kappa shape index (κ1) is 15.6. The number of nitrogens with zero attached hydrogens (tertiary/aromatic N) is 1. The number of benzene rings is 2. The van der Waals surface area contributed by atoms with Crippen molar-refractivity contribution in [3.05, 3.63) is 70.6 Å². The fourth-order valence-corrected chi connectivity index (χ4v) is 3.49. The van der Waals surface area contributed by atoms with E-state index in [0.717, 1.165) is 16.8 Å². The second-order valence-electron chi connectivity index (χ2n) is 5.65. The second-order valence-corrected chi connectivity index (χ2v) is 6.94. The van der Waals surface area contributed by atoms with Gasteiger partial charge in [0.2, 0.25) is 0 Å². The zero-order valence-electron chi connectivity index (χ0n) is 13.1. The summed E-state index contributed by atoms with van der Waals surface area (Å²) in [4.78, 5) is 14.0. The molecule has 1 aliphatic heterocycles. The van der Waals surface area contributed by atoms with Crippen LogP contribution < -0.4 is 16.0 Å². The molecule has 0 unspecified atom stereocenters. The third kappa shape index (κ3) is 3.25. The van der Waals surface area contributed by atoms with Crippen LogP contribution >= 0.6 is 11.8 Å². The molecule has 1 fully saturated rings. The average Bonchev–Trinajstić information content (AvgIpc) is 2.84. The molecule has 118 valence electrons. The van der Waals surface area contributed by atoms with Crippen molar-refractivity contribution in [3.63, 3.8) is 0 Å². The molecule has 1 aliphatic rings. The van der Waals surface area contributed by atoms with E-state index < -0.39 is 4.99 Å². The van der Waals surface area contributed by atoms with Gasteiger partial charge in [-0.25, -0.2) is 0 Å². The summed E-state index contributed by atoms with van der Waals surface area (Å²) in [5.41, 5.74) is 9.34. The average molecular weight is 325 g/mol. The molecule has 5 heteroatoms. The molecule has 1 atom stereocenters. The van der Waals surface area contributed by atoms with E-state index in [0.29, 0.717) is 4.91 Å². The van der Waals surface area contributed by atoms with E-state index in [2.05, 4.69) is 5.32 Å². The van der Waals surface area contributed by atoms with Gasteiger partial charge in [-0.2, -0.15) is 0 Å². The van der Waals surface area contributed by atoms with E-state index in [9.17, 15) is 4.79 Å². The zero-order chi connectivity index (χ0) is 16.4. The molecular formula is C18H19N3OS. The lowest BCUT2D eigenvalue weighted by Gasteiger charge is -2.22. The molecule has 0 bridgehead atoms. The Hall–Kier alpha value is -2.24. The van der Waals surface area contributed by atoms with Crippen LogP contribution in [0.25, 0.3) is 6.08 Å². The molecule has 0 spiro atoms. The SMILES string of the molecule is CN(C)c1ccc(C=C2S[C@@](N)(c3ccccc3)NC2=O)cc1. The highest BCUT2D eigenvalue weighted by atomic mass is 32.2. The van der Waals surface area contributed by atoms with Crippen LogP contribution in [0.3, 0.4) is 0 Å². The fraction of sp³-hybridized carbons (Fsp3) is 0.167. The Balaban J connectivity index is 1.85. The molecule has 2 aromatic carbocycles. The molecule has 1 saturated heterocycles. The van der Waals surface area contributed by atoms with Crippen LogP contribution in [0.2, 0.25) is 0 Å². The lowest BCUT2D eigenvalue weighted by atomic mass is 10.1. The highest BCUT2D eigenvalue weighted by Gasteiger charge is 2.40. The van der Waals surface area contributed by atoms with Gasteiger partial charge in [-0.1, -0.05) is 54.2 Å². The summed E-state index contributed by atoms with van der Waals surface area (Å²) >= 11 is 1.35. The normalized spacial score (nSPS) is 22.2. The molecule has 1 amide bonds. The van der Waals surface area contributed by atoms with Crippen molar-refractivity contribution in [2.24, 2.45) is 5.73 Å². The number of rotatable bonds is 3. The highest BCUT2D eigenvalue weighted by Crippen LogP contribution is 2.40. The van der Waals surface area contributed by atoms with Gasteiger partial charge in [-0.3, -0.25) is 10.5 Å². The van der Waals surface area contributed by atoms with Crippen molar-refractivity contribution in [2.75, 3.05) is 19.0 Å². The van der Waals surface area contributed by atoms with E-state index in [1.54, 1.807) is 0 Å². The first-order chi connectivity index (χ1) is 11.0. The molecule has 2 aromatic rings. The summed E-state index contributed by atoms with van der Waals surface area (Å²) in [5.74, 6) is -0.141. The van der Waals surface area contributed by atoms with E-state index in [1.807, 2.05) is 79.7 Å². The summed E-state index contributed by atoms with van der Waals surface area (Å²) < 4.78 is 0. The van der Waals surface area contributed by atoms with Gasteiger partial charge in [0.05, 0.1) is 4.91 Å². The summed E-state index contributed by atoms with van der Waals surface area (Å²) in [7, 11) is 3.99. The minimum Gasteiger partial charge on any atom is -0.378 e. The van der Waals surface area contributed by atoms with Gasteiger partial charge in [-0.05, 0) is 23.8 Å². The second kappa shape index (κ2) is 6.10. The number of hydrogen-bond donors (Lipinski definition) is 2. The number of amides is 1. The molecule has 0 radical (unpaired) electrons. The minimum absolute atomic E-state index is 0.141. The maximum atomic E-state index is 12.3. The van der Waals surface area contributed by atoms with Crippen LogP contribution in [0.1, 0.15) is 11.1 Å². The standard InChI is InChI=1S/C18H19N3OS/c1-21(2)15-10-8-13(9-11-15)12-16-17(22)20-18(19,23-16)14-6-4-3-5-7-14/h3-12H,19H2,1-2H3,(H,20,22)/t18-/m1/s1. The Kier molecular flexibility index (Phi) is 4.15. The summed E-state index contributed by atoms with van der Waals surface area (Å²) in [6.45, 7) is 0. The van der Waals surface area contributed by atoms with Crippen LogP contribution in [0.4, 0.5) is 5.69 Å². The lowest BCUT2D eigenvalue weighted by Crippen LogP contribution is -2.44. The van der Waals surface area contributed by atoms with E-state index in [4.69, 9.17) is 5.73 Å². The van der Waals surface area contributed by atoms with Gasteiger partial charge in [0.1, 0.15) is 0 Å². The highest BCUT2D eigenvalue weighted by molar-refractivity contribution is 8.05. The third-order valence-electron chi connectivity index (χ3n) is 3.70. The molecular weight excluding hydrogens is 306 g/mol. The molecule has 0 aliphatic carbocycles. The van der Waals surface area contributed by atoms with Gasteiger partial charge in [0.15, 0.2) is 4.99 Å². The Morgan fingerprint density at radius 1 is 1.09 bits per heavy atom. The Bertz CT molecular complexity index is 741. The molecule has 1 heterocycles. The molecule has 0 saturated carbocycles. The van der Waals surface area contributed by atoms with Crippen molar-refractivity contribution in [1.82, 2.24) is 5.32 Å². The number of thioether (sulfide) groups is 1. The number of carbonyl (C=O) groups is 1. The minimum atomic E-state index is -0.909. The molecule has 4 nitrogen and oxygen atoms in total. The zero-order valence-corrected chi connectivity index (χ0v) is 13.9. The predicted molar refractivity (Wildman–Crippen MR) is 96.8 cm³/mol. The van der Waals surface area contributed by atoms with Crippen LogP contribution in [0.15, 0.2) is 59.5 Å². The van der Waals surface area contributed by atoms with Crippen LogP contribution in [0.5, 0.6) is 0 Å². The smallest absolute Gasteiger partial charge is 0.260 e. The van der Waals surface area contributed by atoms with Gasteiger partial charge >= 0.3 is 0 Å². The van der Waals surface area contributed by atoms with Crippen LogP contribution in [-0.4, -0.2) is 20.0 Å². The van der Waals surface area contributed by atoms with Gasteiger partial charge < -0.3 is 10.2 Å². The maximum Gasteiger partial charge on any atom is 0.260 e. The van der Waals surface area contributed by atoms with Gasteiger partial charge in [-0.15, -0.1) is 0 Å². The van der Waals surface area contributed by atoms with Crippen molar-refractivity contribution >= 4 is 29.4 Å². The van der Waals surface area contributed by atoms with Crippen molar-refractivity contribution in [3.8, 4) is 0 Å². The molecule has 3 N–H and O–H groups in total. The first-order valence-electron chi connectivity index (χ1n) is 7.33. The fourth-order valence-electron chi connectivity index (χ4n) is 2.41. The Morgan fingerprint density at radius 3 is 2.35 bits per heavy atom. The van der Waals surface area contributed by atoms with Gasteiger partial charge in [0.25, 0.3) is 5.91 Å². The topological polar surface area (TPSA) is 58.4 Å². The number of anilines is 1. The van der Waals surface area contributed by atoms with Crippen molar-refractivity contribution in [2.45, 2.75) is 4.99 Å². The number of carbonyl (C=O) groups excluding carboxylic acids is 1. The Labute approximate surface area is 140 Å². The number of nitrogens with one attached hydrogen (secondary N) is 1. The molecule has 0 aromatic heterocycles. The van der Waals surface area contributed by atoms with Crippen molar-refractivity contribution in [1.29, 1.82) is 0 Å². The van der Waals surface area contributed by atoms with E-state index >= 15 is 0 Å². The maximum absolute atomic E-state index is 12.3. The molecule has 23 heavy (non-hydrogen) atoms. The largest absolute Gasteiger partial charge is 0.378 e. The van der Waals surface area contributed by atoms with Crippen LogP contribution in [0, 0.1) is 0 Å². The summed E-state index contributed by atoms with van der Waals surface area (Å²) in [6.07, 6.45) is 1.87. The number of hydrogen-bond acceptors (Lipinski definition) is 4. The van der Waals surface area contributed by atoms with E-state index in [1.165, 1.54) is 11.8 Å². The first-order valence-corrected chi connectivity index (χ1v) is 8.14. The van der Waals surface area contributed by atoms with E-state index in [-0.39, 0.29) is 5.91 Å². The van der Waals surface area contributed by atoms with Gasteiger partial charge in [0, 0.05) is 25.3 Å².